The molecule has 154 valence electrons. The Bertz CT molecular complexity index is 1170. The number of benzene rings is 1. The van der Waals surface area contributed by atoms with Crippen LogP contribution in [-0.2, 0) is 13.0 Å². The number of hydrogen-bond acceptors (Lipinski definition) is 4. The smallest absolute Gasteiger partial charge is 0.261 e. The van der Waals surface area contributed by atoms with Crippen LogP contribution in [0.15, 0.2) is 53.6 Å². The summed E-state index contributed by atoms with van der Waals surface area (Å²) in [6, 6.07) is 11.1. The molecule has 1 N–H and O–H groups in total. The number of carbonyl (C=O) groups is 2. The molecule has 0 radical (unpaired) electrons. The molecule has 30 heavy (non-hydrogen) atoms. The number of ketones is 1. The lowest BCUT2D eigenvalue weighted by Gasteiger charge is -2.30. The van der Waals surface area contributed by atoms with E-state index in [1.165, 1.54) is 11.0 Å². The van der Waals surface area contributed by atoms with Gasteiger partial charge in [-0.25, -0.2) is 4.68 Å². The van der Waals surface area contributed by atoms with E-state index in [0.717, 1.165) is 11.3 Å². The zero-order chi connectivity index (χ0) is 21.5. The first-order valence-corrected chi connectivity index (χ1v) is 9.87. The number of nitrogens with one attached hydrogen (secondary N) is 1. The zero-order valence-corrected chi connectivity index (χ0v) is 17.3. The molecular formula is C23H24N4O3. The number of hydrogen-bond donors (Lipinski definition) is 1. The van der Waals surface area contributed by atoms with Crippen molar-refractivity contribution in [1.29, 1.82) is 0 Å². The molecule has 1 aliphatic carbocycles. The highest BCUT2D eigenvalue weighted by Gasteiger charge is 2.33. The molecule has 0 saturated carbocycles. The molecule has 3 aromatic rings. The lowest BCUT2D eigenvalue weighted by Crippen LogP contribution is -2.35. The molecule has 7 heteroatoms. The van der Waals surface area contributed by atoms with Gasteiger partial charge in [0.25, 0.3) is 11.5 Å². The predicted octanol–water partition coefficient (Wildman–Crippen LogP) is 2.99. The highest BCUT2D eigenvalue weighted by atomic mass is 16.2. The minimum atomic E-state index is -0.462. The number of Topliss-reactive ketones (excluding diaryl/α,β-unsaturated/α-hetero) is 1. The summed E-state index contributed by atoms with van der Waals surface area (Å²) in [5.41, 5.74) is 2.14. The molecule has 0 fully saturated rings. The SMILES string of the molecule is CN(Cc1cnn(-c2ccccc2)c1)C(=O)c1cc2c([nH]c1=O)CC(C)(C)CC2=O. The monoisotopic (exact) mass is 404 g/mol. The molecule has 2 heterocycles. The third-order valence-electron chi connectivity index (χ3n) is 5.37. The molecule has 0 unspecified atom stereocenters. The van der Waals surface area contributed by atoms with Crippen LogP contribution < -0.4 is 5.56 Å². The first kappa shape index (κ1) is 19.8. The average molecular weight is 404 g/mol. The predicted molar refractivity (Wildman–Crippen MR) is 113 cm³/mol. The Morgan fingerprint density at radius 3 is 2.67 bits per heavy atom. The third kappa shape index (κ3) is 3.83. The van der Waals surface area contributed by atoms with Gasteiger partial charge < -0.3 is 9.88 Å². The molecule has 0 spiro atoms. The number of rotatable bonds is 4. The van der Waals surface area contributed by atoms with Crippen molar-refractivity contribution in [1.82, 2.24) is 19.7 Å². The highest BCUT2D eigenvalue weighted by molar-refractivity contribution is 6.02. The lowest BCUT2D eigenvalue weighted by molar-refractivity contribution is 0.0783. The van der Waals surface area contributed by atoms with E-state index < -0.39 is 11.5 Å². The van der Waals surface area contributed by atoms with Crippen LogP contribution in [0.4, 0.5) is 0 Å². The third-order valence-corrected chi connectivity index (χ3v) is 5.37. The summed E-state index contributed by atoms with van der Waals surface area (Å²) >= 11 is 0. The molecule has 0 aliphatic heterocycles. The summed E-state index contributed by atoms with van der Waals surface area (Å²) in [5.74, 6) is -0.470. The summed E-state index contributed by atoms with van der Waals surface area (Å²) < 4.78 is 1.74. The van der Waals surface area contributed by atoms with E-state index in [0.29, 0.717) is 30.6 Å². The number of pyridine rings is 1. The van der Waals surface area contributed by atoms with Crippen LogP contribution in [0.3, 0.4) is 0 Å². The molecule has 1 aliphatic rings. The molecule has 1 amide bonds. The lowest BCUT2D eigenvalue weighted by atomic mass is 9.75. The van der Waals surface area contributed by atoms with E-state index in [2.05, 4.69) is 10.1 Å². The van der Waals surface area contributed by atoms with Crippen LogP contribution in [-0.4, -0.2) is 38.4 Å². The Hall–Kier alpha value is -3.48. The highest BCUT2D eigenvalue weighted by Crippen LogP contribution is 2.33. The quantitative estimate of drug-likeness (QED) is 0.724. The standard InChI is InChI=1S/C23H24N4O3/c1-23(2)10-19-17(20(28)11-23)9-18(21(29)25-19)22(30)26(3)13-15-12-24-27(14-15)16-7-5-4-6-8-16/h4-9,12,14H,10-11,13H2,1-3H3,(H,25,29). The Balaban J connectivity index is 1.55. The minimum absolute atomic E-state index is 0.0141. The van der Waals surface area contributed by atoms with Gasteiger partial charge in [-0.3, -0.25) is 14.4 Å². The number of aromatic nitrogens is 3. The number of aromatic amines is 1. The van der Waals surface area contributed by atoms with Crippen LogP contribution in [0.25, 0.3) is 5.69 Å². The van der Waals surface area contributed by atoms with E-state index in [1.54, 1.807) is 17.9 Å². The van der Waals surface area contributed by atoms with Gasteiger partial charge in [-0.1, -0.05) is 32.0 Å². The minimum Gasteiger partial charge on any atom is -0.337 e. The Morgan fingerprint density at radius 1 is 1.20 bits per heavy atom. The average Bonchev–Trinajstić information content (AvgIpc) is 3.15. The van der Waals surface area contributed by atoms with Crippen molar-refractivity contribution in [3.8, 4) is 5.69 Å². The number of amides is 1. The van der Waals surface area contributed by atoms with Crippen molar-refractivity contribution in [2.24, 2.45) is 5.41 Å². The van der Waals surface area contributed by atoms with Crippen molar-refractivity contribution < 1.29 is 9.59 Å². The Morgan fingerprint density at radius 2 is 1.93 bits per heavy atom. The summed E-state index contributed by atoms with van der Waals surface area (Å²) in [6.45, 7) is 4.28. The van der Waals surface area contributed by atoms with Gasteiger partial charge in [-0.2, -0.15) is 5.10 Å². The normalized spacial score (nSPS) is 15.0. The largest absolute Gasteiger partial charge is 0.337 e. The van der Waals surface area contributed by atoms with E-state index in [-0.39, 0.29) is 16.8 Å². The fraction of sp³-hybridized carbons (Fsp3) is 0.304. The maximum absolute atomic E-state index is 12.9. The second-order valence-corrected chi connectivity index (χ2v) is 8.64. The van der Waals surface area contributed by atoms with Gasteiger partial charge in [0.2, 0.25) is 0 Å². The number of H-pyrrole nitrogens is 1. The summed E-state index contributed by atoms with van der Waals surface area (Å²) in [5, 5.41) is 4.34. The summed E-state index contributed by atoms with van der Waals surface area (Å²) in [6.07, 6.45) is 4.54. The van der Waals surface area contributed by atoms with Crippen molar-refractivity contribution in [2.75, 3.05) is 7.05 Å². The zero-order valence-electron chi connectivity index (χ0n) is 17.3. The van der Waals surface area contributed by atoms with Crippen molar-refractivity contribution in [3.05, 3.63) is 81.5 Å². The van der Waals surface area contributed by atoms with Gasteiger partial charge >= 0.3 is 0 Å². The molecule has 0 atom stereocenters. The van der Waals surface area contributed by atoms with Crippen LogP contribution >= 0.6 is 0 Å². The molecule has 0 saturated heterocycles. The molecule has 7 nitrogen and oxygen atoms in total. The number of carbonyl (C=O) groups excluding carboxylic acids is 2. The first-order valence-electron chi connectivity index (χ1n) is 9.87. The maximum atomic E-state index is 12.9. The van der Waals surface area contributed by atoms with Crippen molar-refractivity contribution in [3.63, 3.8) is 0 Å². The number of nitrogens with zero attached hydrogens (tertiary/aromatic N) is 3. The van der Waals surface area contributed by atoms with E-state index in [1.807, 2.05) is 50.4 Å². The number of para-hydroxylation sites is 1. The fourth-order valence-electron chi connectivity index (χ4n) is 3.90. The van der Waals surface area contributed by atoms with Gasteiger partial charge in [0.1, 0.15) is 5.56 Å². The second kappa shape index (κ2) is 7.40. The molecular weight excluding hydrogens is 380 g/mol. The molecule has 2 aromatic heterocycles. The van der Waals surface area contributed by atoms with E-state index in [4.69, 9.17) is 0 Å². The van der Waals surface area contributed by atoms with Gasteiger partial charge in [0.15, 0.2) is 5.78 Å². The van der Waals surface area contributed by atoms with Gasteiger partial charge in [-0.05, 0) is 30.0 Å². The van der Waals surface area contributed by atoms with Crippen LogP contribution in [0.5, 0.6) is 0 Å². The van der Waals surface area contributed by atoms with Gasteiger partial charge in [-0.15, -0.1) is 0 Å². The van der Waals surface area contributed by atoms with Gasteiger partial charge in [0.05, 0.1) is 11.9 Å². The molecule has 0 bridgehead atoms. The van der Waals surface area contributed by atoms with Crippen LogP contribution in [0.1, 0.15) is 52.2 Å². The van der Waals surface area contributed by atoms with Gasteiger partial charge in [0, 0.05) is 43.0 Å². The maximum Gasteiger partial charge on any atom is 0.261 e. The topological polar surface area (TPSA) is 88.1 Å². The molecule has 1 aromatic carbocycles. The van der Waals surface area contributed by atoms with E-state index in [9.17, 15) is 14.4 Å². The van der Waals surface area contributed by atoms with Crippen LogP contribution in [0.2, 0.25) is 0 Å². The van der Waals surface area contributed by atoms with Crippen molar-refractivity contribution >= 4 is 11.7 Å². The summed E-state index contributed by atoms with van der Waals surface area (Å²) in [4.78, 5) is 42.3. The Labute approximate surface area is 174 Å². The first-order chi connectivity index (χ1) is 14.2. The number of fused-ring (bicyclic) bond motifs is 1. The van der Waals surface area contributed by atoms with Crippen LogP contribution in [0, 0.1) is 5.41 Å². The van der Waals surface area contributed by atoms with Crippen molar-refractivity contribution in [2.45, 2.75) is 33.2 Å². The Kier molecular flexibility index (Phi) is 4.89. The second-order valence-electron chi connectivity index (χ2n) is 8.64. The van der Waals surface area contributed by atoms with E-state index >= 15 is 0 Å². The molecule has 4 rings (SSSR count). The summed E-state index contributed by atoms with van der Waals surface area (Å²) in [7, 11) is 1.63. The fourth-order valence-corrected chi connectivity index (χ4v) is 3.90.